The fourth-order valence-electron chi connectivity index (χ4n) is 3.52. The number of allylic oxidation sites excluding steroid dienone is 4. The molecule has 4 heteroatoms. The first-order valence-corrected chi connectivity index (χ1v) is 9.20. The van der Waals surface area contributed by atoms with Gasteiger partial charge in [0.1, 0.15) is 0 Å². The van der Waals surface area contributed by atoms with E-state index in [-0.39, 0.29) is 10.9 Å². The first-order chi connectivity index (χ1) is 13.1. The van der Waals surface area contributed by atoms with Crippen LogP contribution in [0.3, 0.4) is 0 Å². The minimum Gasteiger partial charge on any atom is -0.284 e. The average molecular weight is 373 g/mol. The van der Waals surface area contributed by atoms with Gasteiger partial charge in [-0.05, 0) is 59.7 Å². The number of pyridine rings is 1. The van der Waals surface area contributed by atoms with E-state index in [1.54, 1.807) is 16.7 Å². The van der Waals surface area contributed by atoms with Crippen molar-refractivity contribution in [3.63, 3.8) is 0 Å². The Bertz CT molecular complexity index is 1190. The Balaban J connectivity index is 1.92. The third-order valence-electron chi connectivity index (χ3n) is 4.86. The van der Waals surface area contributed by atoms with Crippen LogP contribution in [0.4, 0.5) is 0 Å². The number of nitriles is 1. The van der Waals surface area contributed by atoms with Gasteiger partial charge in [-0.25, -0.2) is 0 Å². The highest BCUT2D eigenvalue weighted by Crippen LogP contribution is 2.30. The Morgan fingerprint density at radius 3 is 2.63 bits per heavy atom. The molecule has 1 unspecified atom stereocenters. The Hall–Kier alpha value is -3.09. The lowest BCUT2D eigenvalue weighted by atomic mass is 9.95. The topological polar surface area (TPSA) is 45.8 Å². The molecule has 27 heavy (non-hydrogen) atoms. The summed E-state index contributed by atoms with van der Waals surface area (Å²) < 4.78 is 1.69. The molecule has 2 aromatic carbocycles. The van der Waals surface area contributed by atoms with Crippen molar-refractivity contribution < 1.29 is 0 Å². The number of hydrogen-bond donors (Lipinski definition) is 0. The van der Waals surface area contributed by atoms with Gasteiger partial charge in [-0.2, -0.15) is 5.26 Å². The molecule has 132 valence electrons. The van der Waals surface area contributed by atoms with Gasteiger partial charge < -0.3 is 0 Å². The summed E-state index contributed by atoms with van der Waals surface area (Å²) in [5, 5.41) is 10.6. The van der Waals surface area contributed by atoms with Crippen LogP contribution in [0.15, 0.2) is 71.7 Å². The van der Waals surface area contributed by atoms with E-state index in [0.717, 1.165) is 27.8 Å². The van der Waals surface area contributed by atoms with Crippen LogP contribution in [0.1, 0.15) is 17.5 Å². The molecule has 1 aliphatic carbocycles. The van der Waals surface area contributed by atoms with E-state index >= 15 is 0 Å². The van der Waals surface area contributed by atoms with E-state index < -0.39 is 0 Å². The Morgan fingerprint density at radius 1 is 1.19 bits per heavy atom. The van der Waals surface area contributed by atoms with Gasteiger partial charge in [0.05, 0.1) is 17.0 Å². The van der Waals surface area contributed by atoms with E-state index in [1.165, 1.54) is 0 Å². The predicted molar refractivity (Wildman–Crippen MR) is 111 cm³/mol. The predicted octanol–water partition coefficient (Wildman–Crippen LogP) is 5.26. The van der Waals surface area contributed by atoms with Gasteiger partial charge in [0, 0.05) is 17.3 Å². The van der Waals surface area contributed by atoms with E-state index in [1.807, 2.05) is 61.7 Å². The quantitative estimate of drug-likeness (QED) is 0.576. The van der Waals surface area contributed by atoms with Crippen LogP contribution in [0.25, 0.3) is 27.6 Å². The number of halogens is 1. The second-order valence-corrected chi connectivity index (χ2v) is 7.20. The molecule has 0 radical (unpaired) electrons. The molecule has 0 saturated carbocycles. The fraction of sp³-hybridized carbons (Fsp3) is 0.130. The Morgan fingerprint density at radius 2 is 1.96 bits per heavy atom. The van der Waals surface area contributed by atoms with Crippen molar-refractivity contribution in [2.45, 2.75) is 18.7 Å². The molecular weight excluding hydrogens is 356 g/mol. The van der Waals surface area contributed by atoms with Gasteiger partial charge in [0.25, 0.3) is 5.56 Å². The molecule has 3 nitrogen and oxygen atoms in total. The van der Waals surface area contributed by atoms with Crippen molar-refractivity contribution in [3.05, 3.63) is 88.4 Å². The summed E-state index contributed by atoms with van der Waals surface area (Å²) in [7, 11) is 0. The summed E-state index contributed by atoms with van der Waals surface area (Å²) in [5.74, 6) is 0. The zero-order valence-corrected chi connectivity index (χ0v) is 15.6. The van der Waals surface area contributed by atoms with Crippen LogP contribution >= 0.6 is 11.6 Å². The maximum atomic E-state index is 13.2. The highest BCUT2D eigenvalue weighted by Gasteiger charge is 2.14. The minimum atomic E-state index is -0.0463. The summed E-state index contributed by atoms with van der Waals surface area (Å²) in [4.78, 5) is 13.2. The highest BCUT2D eigenvalue weighted by atomic mass is 35.5. The molecule has 0 aliphatic heterocycles. The maximum Gasteiger partial charge on any atom is 0.262 e. The van der Waals surface area contributed by atoms with Crippen molar-refractivity contribution in [1.29, 1.82) is 5.26 Å². The number of fused-ring (bicyclic) bond motifs is 1. The van der Waals surface area contributed by atoms with Crippen LogP contribution in [0.5, 0.6) is 0 Å². The number of hydrogen-bond acceptors (Lipinski definition) is 2. The monoisotopic (exact) mass is 372 g/mol. The standard InChI is InChI=1S/C23H17ClN2O/c1-15-14-26(19-11-9-18(24)10-12-19)23(27)21-4-2-3-20(22(15)21)17-7-5-16(13-25)6-8-17/h2-9,11-12,14,18H,10H2,1H3. The van der Waals surface area contributed by atoms with Crippen LogP contribution in [0, 0.1) is 18.3 Å². The van der Waals surface area contributed by atoms with Crippen molar-refractivity contribution in [2.24, 2.45) is 0 Å². The van der Waals surface area contributed by atoms with E-state index in [2.05, 4.69) is 6.07 Å². The summed E-state index contributed by atoms with van der Waals surface area (Å²) in [6, 6.07) is 15.4. The SMILES string of the molecule is Cc1cn(C2=CCC(Cl)C=C2)c(=O)c2cccc(-c3ccc(C#N)cc3)c12. The van der Waals surface area contributed by atoms with Gasteiger partial charge in [0.15, 0.2) is 0 Å². The fourth-order valence-corrected chi connectivity index (χ4v) is 3.68. The van der Waals surface area contributed by atoms with Gasteiger partial charge in [0.2, 0.25) is 0 Å². The summed E-state index contributed by atoms with van der Waals surface area (Å²) in [6.45, 7) is 2.02. The Kier molecular flexibility index (Phi) is 4.43. The maximum absolute atomic E-state index is 13.2. The molecule has 1 atom stereocenters. The molecule has 3 aromatic rings. The molecule has 0 fully saturated rings. The van der Waals surface area contributed by atoms with Gasteiger partial charge in [-0.15, -0.1) is 11.6 Å². The van der Waals surface area contributed by atoms with E-state index in [0.29, 0.717) is 17.4 Å². The molecule has 4 rings (SSSR count). The molecule has 0 spiro atoms. The smallest absolute Gasteiger partial charge is 0.262 e. The van der Waals surface area contributed by atoms with Crippen molar-refractivity contribution >= 4 is 28.1 Å². The van der Waals surface area contributed by atoms with Gasteiger partial charge in [-0.1, -0.05) is 36.4 Å². The number of aromatic nitrogens is 1. The molecule has 1 aliphatic rings. The van der Waals surface area contributed by atoms with E-state index in [9.17, 15) is 4.79 Å². The number of nitrogens with zero attached hydrogens (tertiary/aromatic N) is 2. The normalized spacial score (nSPS) is 16.2. The average Bonchev–Trinajstić information content (AvgIpc) is 2.71. The lowest BCUT2D eigenvalue weighted by Gasteiger charge is -2.16. The van der Waals surface area contributed by atoms with Crippen LogP contribution in [-0.2, 0) is 0 Å². The van der Waals surface area contributed by atoms with Gasteiger partial charge in [-0.3, -0.25) is 9.36 Å². The lowest BCUT2D eigenvalue weighted by Crippen LogP contribution is -2.20. The second kappa shape index (κ2) is 6.90. The number of benzene rings is 2. The summed E-state index contributed by atoms with van der Waals surface area (Å²) in [5.41, 5.74) is 4.42. The van der Waals surface area contributed by atoms with Crippen LogP contribution in [-0.4, -0.2) is 9.94 Å². The molecule has 1 aromatic heterocycles. The van der Waals surface area contributed by atoms with E-state index in [4.69, 9.17) is 16.9 Å². The minimum absolute atomic E-state index is 0.0195. The van der Waals surface area contributed by atoms with Crippen LogP contribution in [0.2, 0.25) is 0 Å². The Labute approximate surface area is 162 Å². The first-order valence-electron chi connectivity index (χ1n) is 8.77. The third-order valence-corrected chi connectivity index (χ3v) is 5.19. The summed E-state index contributed by atoms with van der Waals surface area (Å²) in [6.07, 6.45) is 8.41. The molecule has 0 bridgehead atoms. The number of alkyl halides is 1. The third kappa shape index (κ3) is 3.09. The molecule has 0 saturated heterocycles. The highest BCUT2D eigenvalue weighted by molar-refractivity contribution is 6.22. The van der Waals surface area contributed by atoms with Gasteiger partial charge >= 0.3 is 0 Å². The zero-order valence-electron chi connectivity index (χ0n) is 14.8. The first kappa shape index (κ1) is 17.3. The van der Waals surface area contributed by atoms with Crippen LogP contribution < -0.4 is 5.56 Å². The van der Waals surface area contributed by atoms with Crippen molar-refractivity contribution in [1.82, 2.24) is 4.57 Å². The molecule has 0 amide bonds. The summed E-state index contributed by atoms with van der Waals surface area (Å²) >= 11 is 6.11. The molecule has 0 N–H and O–H groups in total. The number of rotatable bonds is 2. The van der Waals surface area contributed by atoms with Crippen molar-refractivity contribution in [3.8, 4) is 17.2 Å². The number of aryl methyl sites for hydroxylation is 1. The zero-order chi connectivity index (χ0) is 19.0. The molecular formula is C23H17ClN2O. The lowest BCUT2D eigenvalue weighted by molar-refractivity contribution is 0.976. The second-order valence-electron chi connectivity index (χ2n) is 6.64. The van der Waals surface area contributed by atoms with Crippen molar-refractivity contribution in [2.75, 3.05) is 0 Å². The molecule has 1 heterocycles. The largest absolute Gasteiger partial charge is 0.284 e.